The minimum Gasteiger partial charge on any atom is -0.325 e. The van der Waals surface area contributed by atoms with Gasteiger partial charge in [-0.25, -0.2) is 4.98 Å². The number of nitriles is 1. The van der Waals surface area contributed by atoms with Gasteiger partial charge >= 0.3 is 0 Å². The van der Waals surface area contributed by atoms with E-state index < -0.39 is 0 Å². The van der Waals surface area contributed by atoms with Crippen molar-refractivity contribution in [2.75, 3.05) is 18.4 Å². The molecule has 142 valence electrons. The Balaban J connectivity index is 1.34. The molecule has 6 heteroatoms. The number of amides is 1. The third-order valence-electron chi connectivity index (χ3n) is 5.57. The number of anilines is 1. The average Bonchev–Trinajstić information content (AvgIpc) is 3.18. The first-order chi connectivity index (χ1) is 13.6. The van der Waals surface area contributed by atoms with Crippen LogP contribution in [-0.2, 0) is 4.79 Å². The molecule has 2 heterocycles. The number of likely N-dealkylation sites (tertiary alicyclic amines) is 1. The highest BCUT2D eigenvalue weighted by molar-refractivity contribution is 7.18. The summed E-state index contributed by atoms with van der Waals surface area (Å²) in [6, 6.07) is 17.3. The summed E-state index contributed by atoms with van der Waals surface area (Å²) in [6.45, 7) is 3.94. The van der Waals surface area contributed by atoms with Crippen LogP contribution in [0.4, 0.5) is 5.69 Å². The number of benzene rings is 2. The number of rotatable bonds is 4. The predicted molar refractivity (Wildman–Crippen MR) is 112 cm³/mol. The number of carbonyl (C=O) groups excluding carboxylic acids is 1. The van der Waals surface area contributed by atoms with Crippen molar-refractivity contribution in [2.24, 2.45) is 0 Å². The summed E-state index contributed by atoms with van der Waals surface area (Å²) in [5.41, 5.74) is 2.42. The van der Waals surface area contributed by atoms with E-state index in [1.54, 1.807) is 35.6 Å². The maximum absolute atomic E-state index is 12.6. The summed E-state index contributed by atoms with van der Waals surface area (Å²) in [5, 5.41) is 13.1. The fraction of sp³-hybridized carbons (Fsp3) is 0.318. The molecule has 3 aromatic rings. The fourth-order valence-corrected chi connectivity index (χ4v) is 4.93. The van der Waals surface area contributed by atoms with E-state index in [0.717, 1.165) is 37.1 Å². The van der Waals surface area contributed by atoms with Gasteiger partial charge in [0, 0.05) is 24.4 Å². The van der Waals surface area contributed by atoms with E-state index in [1.807, 2.05) is 13.0 Å². The lowest BCUT2D eigenvalue weighted by molar-refractivity contribution is -0.919. The molecule has 0 bridgehead atoms. The SMILES string of the molecule is C[C@@H](C(=O)Nc1ccc(C#N)cc1)[NH+]1CCC(c2nc3ccccc3s2)CC1. The second kappa shape index (κ2) is 8.09. The van der Waals surface area contributed by atoms with Crippen LogP contribution in [0, 0.1) is 11.3 Å². The first-order valence-corrected chi connectivity index (χ1v) is 10.5. The molecule has 1 amide bonds. The lowest BCUT2D eigenvalue weighted by Crippen LogP contribution is -3.17. The van der Waals surface area contributed by atoms with Crippen LogP contribution in [0.5, 0.6) is 0 Å². The third kappa shape index (κ3) is 3.91. The van der Waals surface area contributed by atoms with Gasteiger partial charge in [0.1, 0.15) is 0 Å². The molecule has 1 aliphatic heterocycles. The van der Waals surface area contributed by atoms with E-state index in [-0.39, 0.29) is 11.9 Å². The van der Waals surface area contributed by atoms with Crippen molar-refractivity contribution >= 4 is 33.1 Å². The minimum absolute atomic E-state index is 0.0261. The second-order valence-electron chi connectivity index (χ2n) is 7.35. The normalized spacial score (nSPS) is 20.4. The van der Waals surface area contributed by atoms with E-state index >= 15 is 0 Å². The van der Waals surface area contributed by atoms with Crippen molar-refractivity contribution in [1.82, 2.24) is 4.98 Å². The molecule has 2 aromatic carbocycles. The molecule has 1 atom stereocenters. The number of fused-ring (bicyclic) bond motifs is 1. The molecule has 1 aromatic heterocycles. The summed E-state index contributed by atoms with van der Waals surface area (Å²) >= 11 is 1.80. The van der Waals surface area contributed by atoms with Crippen LogP contribution in [-0.4, -0.2) is 30.0 Å². The molecular formula is C22H23N4OS+. The van der Waals surface area contributed by atoms with Gasteiger partial charge in [0.2, 0.25) is 0 Å². The molecule has 0 radical (unpaired) electrons. The molecule has 5 nitrogen and oxygen atoms in total. The van der Waals surface area contributed by atoms with Gasteiger partial charge in [-0.3, -0.25) is 4.79 Å². The van der Waals surface area contributed by atoms with Gasteiger partial charge in [0.25, 0.3) is 5.91 Å². The van der Waals surface area contributed by atoms with Crippen LogP contribution in [0.3, 0.4) is 0 Å². The van der Waals surface area contributed by atoms with E-state index in [9.17, 15) is 4.79 Å². The molecule has 1 saturated heterocycles. The number of para-hydroxylation sites is 1. The zero-order chi connectivity index (χ0) is 19.5. The number of piperidine rings is 1. The lowest BCUT2D eigenvalue weighted by atomic mass is 9.96. The monoisotopic (exact) mass is 391 g/mol. The molecule has 0 unspecified atom stereocenters. The molecule has 1 fully saturated rings. The molecular weight excluding hydrogens is 368 g/mol. The maximum Gasteiger partial charge on any atom is 0.282 e. The molecule has 4 rings (SSSR count). The number of nitrogens with zero attached hydrogens (tertiary/aromatic N) is 2. The van der Waals surface area contributed by atoms with Crippen molar-refractivity contribution in [3.63, 3.8) is 0 Å². The standard InChI is InChI=1S/C22H22N4OS/c1-15(21(27)24-18-8-6-16(14-23)7-9-18)26-12-10-17(11-13-26)22-25-19-4-2-3-5-20(19)28-22/h2-9,15,17H,10-13H2,1H3,(H,24,27)/p+1/t15-/m0/s1. The highest BCUT2D eigenvalue weighted by atomic mass is 32.1. The lowest BCUT2D eigenvalue weighted by Gasteiger charge is -2.31. The first-order valence-electron chi connectivity index (χ1n) is 9.65. The molecule has 0 saturated carbocycles. The number of quaternary nitrogens is 1. The van der Waals surface area contributed by atoms with Crippen LogP contribution in [0.15, 0.2) is 48.5 Å². The Morgan fingerprint density at radius 2 is 1.93 bits per heavy atom. The predicted octanol–water partition coefficient (Wildman–Crippen LogP) is 2.96. The van der Waals surface area contributed by atoms with E-state index in [0.29, 0.717) is 11.5 Å². The smallest absolute Gasteiger partial charge is 0.282 e. The van der Waals surface area contributed by atoms with Gasteiger partial charge in [-0.05, 0) is 43.3 Å². The van der Waals surface area contributed by atoms with Crippen LogP contribution in [0.1, 0.15) is 36.3 Å². The van der Waals surface area contributed by atoms with Gasteiger partial charge in [0.05, 0.1) is 39.9 Å². The highest BCUT2D eigenvalue weighted by Crippen LogP contribution is 2.31. The quantitative estimate of drug-likeness (QED) is 0.718. The van der Waals surface area contributed by atoms with Gasteiger partial charge in [-0.1, -0.05) is 12.1 Å². The number of aromatic nitrogens is 1. The van der Waals surface area contributed by atoms with Crippen LogP contribution in [0.2, 0.25) is 0 Å². The minimum atomic E-state index is -0.105. The Kier molecular flexibility index (Phi) is 5.38. The number of hydrogen-bond acceptors (Lipinski definition) is 4. The molecule has 28 heavy (non-hydrogen) atoms. The van der Waals surface area contributed by atoms with Crippen molar-refractivity contribution in [3.05, 3.63) is 59.1 Å². The van der Waals surface area contributed by atoms with Crippen molar-refractivity contribution in [3.8, 4) is 6.07 Å². The Labute approximate surface area is 168 Å². The Bertz CT molecular complexity index is 980. The Morgan fingerprint density at radius 1 is 1.21 bits per heavy atom. The van der Waals surface area contributed by atoms with Crippen molar-refractivity contribution < 1.29 is 9.69 Å². The second-order valence-corrected chi connectivity index (χ2v) is 8.41. The average molecular weight is 392 g/mol. The van der Waals surface area contributed by atoms with Crippen molar-refractivity contribution in [1.29, 1.82) is 5.26 Å². The summed E-state index contributed by atoms with van der Waals surface area (Å²) < 4.78 is 1.25. The Hall–Kier alpha value is -2.75. The van der Waals surface area contributed by atoms with Crippen LogP contribution >= 0.6 is 11.3 Å². The van der Waals surface area contributed by atoms with Gasteiger partial charge < -0.3 is 10.2 Å². The van der Waals surface area contributed by atoms with Gasteiger partial charge in [-0.2, -0.15) is 5.26 Å². The molecule has 0 aliphatic carbocycles. The van der Waals surface area contributed by atoms with Crippen LogP contribution < -0.4 is 10.2 Å². The highest BCUT2D eigenvalue weighted by Gasteiger charge is 2.31. The maximum atomic E-state index is 12.6. The molecule has 2 N–H and O–H groups in total. The first kappa shape index (κ1) is 18.6. The number of thiazole rings is 1. The van der Waals surface area contributed by atoms with Gasteiger partial charge in [0.15, 0.2) is 6.04 Å². The zero-order valence-electron chi connectivity index (χ0n) is 15.8. The summed E-state index contributed by atoms with van der Waals surface area (Å²) in [6.07, 6.45) is 2.12. The zero-order valence-corrected chi connectivity index (χ0v) is 16.6. The summed E-state index contributed by atoms with van der Waals surface area (Å²) in [4.78, 5) is 18.8. The largest absolute Gasteiger partial charge is 0.325 e. The van der Waals surface area contributed by atoms with Gasteiger partial charge in [-0.15, -0.1) is 11.3 Å². The molecule has 1 aliphatic rings. The third-order valence-corrected chi connectivity index (χ3v) is 6.77. The van der Waals surface area contributed by atoms with Crippen LogP contribution in [0.25, 0.3) is 10.2 Å². The Morgan fingerprint density at radius 3 is 2.61 bits per heavy atom. The number of carbonyl (C=O) groups is 1. The topological polar surface area (TPSA) is 70.2 Å². The molecule has 0 spiro atoms. The van der Waals surface area contributed by atoms with E-state index in [4.69, 9.17) is 10.2 Å². The number of nitrogens with one attached hydrogen (secondary N) is 2. The summed E-state index contributed by atoms with van der Waals surface area (Å²) in [5.74, 6) is 0.521. The van der Waals surface area contributed by atoms with Crippen molar-refractivity contribution in [2.45, 2.75) is 31.7 Å². The fourth-order valence-electron chi connectivity index (χ4n) is 3.80. The number of hydrogen-bond donors (Lipinski definition) is 2. The van der Waals surface area contributed by atoms with E-state index in [1.165, 1.54) is 14.6 Å². The summed E-state index contributed by atoms with van der Waals surface area (Å²) in [7, 11) is 0. The van der Waals surface area contributed by atoms with E-state index in [2.05, 4.69) is 29.6 Å².